The highest BCUT2D eigenvalue weighted by Gasteiger charge is 2.19. The lowest BCUT2D eigenvalue weighted by atomic mass is 10.2. The summed E-state index contributed by atoms with van der Waals surface area (Å²) < 4.78 is 0. The molecular formula is C15H14N6O4. The third-order valence-electron chi connectivity index (χ3n) is 2.96. The average molecular weight is 342 g/mol. The van der Waals surface area contributed by atoms with Crippen molar-refractivity contribution >= 4 is 34.7 Å². The standard InChI is InChI=1S/C15H14N6O4/c1-11(10-16-18-12-5-3-2-4-6-12)17-19-14-8-7-13(20(22)23)9-15(14)21(24)25/h2-10,18-19H,1H3/b16-10+,17-11+. The summed E-state index contributed by atoms with van der Waals surface area (Å²) in [7, 11) is 0. The van der Waals surface area contributed by atoms with Gasteiger partial charge < -0.3 is 0 Å². The Morgan fingerprint density at radius 2 is 1.76 bits per heavy atom. The maximum Gasteiger partial charge on any atom is 0.301 e. The zero-order valence-electron chi connectivity index (χ0n) is 13.1. The van der Waals surface area contributed by atoms with Crippen LogP contribution < -0.4 is 10.9 Å². The van der Waals surface area contributed by atoms with Crippen molar-refractivity contribution in [2.24, 2.45) is 10.2 Å². The highest BCUT2D eigenvalue weighted by molar-refractivity contribution is 6.29. The monoisotopic (exact) mass is 342 g/mol. The first-order chi connectivity index (χ1) is 12.0. The minimum atomic E-state index is -0.717. The van der Waals surface area contributed by atoms with E-state index in [0.29, 0.717) is 5.71 Å². The number of nitro benzene ring substituents is 2. The van der Waals surface area contributed by atoms with Crippen LogP contribution in [0.4, 0.5) is 22.7 Å². The molecule has 2 rings (SSSR count). The van der Waals surface area contributed by atoms with Crippen molar-refractivity contribution in [3.8, 4) is 0 Å². The Balaban J connectivity index is 2.07. The molecule has 0 amide bonds. The van der Waals surface area contributed by atoms with E-state index in [-0.39, 0.29) is 11.4 Å². The first-order valence-electron chi connectivity index (χ1n) is 7.04. The van der Waals surface area contributed by atoms with E-state index in [1.807, 2.05) is 30.3 Å². The Morgan fingerprint density at radius 3 is 2.40 bits per heavy atom. The molecule has 0 spiro atoms. The number of non-ortho nitro benzene ring substituents is 1. The number of nitrogens with one attached hydrogen (secondary N) is 2. The molecule has 0 aliphatic rings. The van der Waals surface area contributed by atoms with Crippen molar-refractivity contribution in [3.63, 3.8) is 0 Å². The Hall–Kier alpha value is -3.82. The van der Waals surface area contributed by atoms with Crippen LogP contribution in [-0.2, 0) is 0 Å². The van der Waals surface area contributed by atoms with Gasteiger partial charge in [-0.05, 0) is 25.1 Å². The van der Waals surface area contributed by atoms with Crippen molar-refractivity contribution in [2.45, 2.75) is 6.92 Å². The smallest absolute Gasteiger partial charge is 0.278 e. The van der Waals surface area contributed by atoms with Gasteiger partial charge in [0.2, 0.25) is 0 Å². The van der Waals surface area contributed by atoms with E-state index in [2.05, 4.69) is 21.1 Å². The van der Waals surface area contributed by atoms with Crippen LogP contribution in [0.3, 0.4) is 0 Å². The van der Waals surface area contributed by atoms with Gasteiger partial charge in [-0.1, -0.05) is 18.2 Å². The van der Waals surface area contributed by atoms with Crippen LogP contribution >= 0.6 is 0 Å². The molecule has 2 aromatic carbocycles. The lowest BCUT2D eigenvalue weighted by Crippen LogP contribution is -2.03. The van der Waals surface area contributed by atoms with E-state index >= 15 is 0 Å². The molecule has 0 atom stereocenters. The summed E-state index contributed by atoms with van der Waals surface area (Å²) in [5, 5.41) is 29.7. The summed E-state index contributed by atoms with van der Waals surface area (Å²) in [6, 6.07) is 12.5. The fraction of sp³-hybridized carbons (Fsp3) is 0.0667. The van der Waals surface area contributed by atoms with Crippen LogP contribution in [0.15, 0.2) is 58.7 Å². The Labute approximate surface area is 142 Å². The average Bonchev–Trinajstić information content (AvgIpc) is 2.60. The molecule has 0 saturated carbocycles. The zero-order chi connectivity index (χ0) is 18.2. The fourth-order valence-corrected chi connectivity index (χ4v) is 1.77. The van der Waals surface area contributed by atoms with Gasteiger partial charge in [0, 0.05) is 6.07 Å². The van der Waals surface area contributed by atoms with E-state index in [4.69, 9.17) is 0 Å². The van der Waals surface area contributed by atoms with Gasteiger partial charge in [0.25, 0.3) is 5.69 Å². The van der Waals surface area contributed by atoms with E-state index in [1.54, 1.807) is 6.92 Å². The molecule has 2 aromatic rings. The van der Waals surface area contributed by atoms with Gasteiger partial charge in [0.15, 0.2) is 0 Å². The number of hydrogen-bond acceptors (Lipinski definition) is 8. The molecule has 0 fully saturated rings. The number of hydrogen-bond donors (Lipinski definition) is 2. The van der Waals surface area contributed by atoms with Gasteiger partial charge in [0.05, 0.1) is 33.5 Å². The van der Waals surface area contributed by atoms with Gasteiger partial charge in [-0.2, -0.15) is 10.2 Å². The number of hydrazone groups is 2. The summed E-state index contributed by atoms with van der Waals surface area (Å²) in [4.78, 5) is 20.3. The summed E-state index contributed by atoms with van der Waals surface area (Å²) in [6.45, 7) is 1.64. The van der Waals surface area contributed by atoms with Gasteiger partial charge in [-0.15, -0.1) is 0 Å². The van der Waals surface area contributed by atoms with Gasteiger partial charge in [-0.25, -0.2) is 0 Å². The van der Waals surface area contributed by atoms with Crippen molar-refractivity contribution in [2.75, 3.05) is 10.9 Å². The zero-order valence-corrected chi connectivity index (χ0v) is 13.1. The van der Waals surface area contributed by atoms with Crippen LogP contribution in [0.1, 0.15) is 6.92 Å². The molecule has 2 N–H and O–H groups in total. The molecule has 0 aliphatic heterocycles. The number of benzene rings is 2. The Bertz CT molecular complexity index is 835. The number of para-hydroxylation sites is 1. The minimum Gasteiger partial charge on any atom is -0.278 e. The normalized spacial score (nSPS) is 11.3. The minimum absolute atomic E-state index is 0.0411. The van der Waals surface area contributed by atoms with Crippen molar-refractivity contribution in [3.05, 3.63) is 68.8 Å². The molecule has 0 radical (unpaired) electrons. The van der Waals surface area contributed by atoms with Crippen LogP contribution in [0.5, 0.6) is 0 Å². The number of rotatable bonds is 7. The third kappa shape index (κ3) is 5.10. The second-order valence-corrected chi connectivity index (χ2v) is 4.82. The fourth-order valence-electron chi connectivity index (χ4n) is 1.77. The highest BCUT2D eigenvalue weighted by Crippen LogP contribution is 2.28. The van der Waals surface area contributed by atoms with E-state index < -0.39 is 15.5 Å². The molecule has 10 nitrogen and oxygen atoms in total. The topological polar surface area (TPSA) is 135 Å². The largest absolute Gasteiger partial charge is 0.301 e. The predicted molar refractivity (Wildman–Crippen MR) is 95.0 cm³/mol. The van der Waals surface area contributed by atoms with Gasteiger partial charge >= 0.3 is 5.69 Å². The Morgan fingerprint density at radius 1 is 1.04 bits per heavy atom. The summed E-state index contributed by atoms with van der Waals surface area (Å²) in [5.41, 5.74) is 5.78. The first kappa shape index (κ1) is 17.5. The summed E-state index contributed by atoms with van der Waals surface area (Å²) >= 11 is 0. The van der Waals surface area contributed by atoms with Crippen LogP contribution in [-0.4, -0.2) is 21.8 Å². The molecule has 10 heteroatoms. The van der Waals surface area contributed by atoms with Crippen LogP contribution in [0, 0.1) is 20.2 Å². The predicted octanol–water partition coefficient (Wildman–Crippen LogP) is 3.39. The maximum atomic E-state index is 11.0. The molecule has 0 saturated heterocycles. The van der Waals surface area contributed by atoms with E-state index in [0.717, 1.165) is 17.8 Å². The molecule has 25 heavy (non-hydrogen) atoms. The van der Waals surface area contributed by atoms with Crippen LogP contribution in [0.2, 0.25) is 0 Å². The van der Waals surface area contributed by atoms with Crippen molar-refractivity contribution < 1.29 is 9.85 Å². The highest BCUT2D eigenvalue weighted by atomic mass is 16.6. The number of nitro groups is 2. The van der Waals surface area contributed by atoms with E-state index in [1.165, 1.54) is 12.3 Å². The van der Waals surface area contributed by atoms with Crippen LogP contribution in [0.25, 0.3) is 0 Å². The maximum absolute atomic E-state index is 11.0. The van der Waals surface area contributed by atoms with Crippen molar-refractivity contribution in [1.29, 1.82) is 0 Å². The van der Waals surface area contributed by atoms with Gasteiger partial charge in [-0.3, -0.25) is 31.1 Å². The first-order valence-corrected chi connectivity index (χ1v) is 7.04. The molecular weight excluding hydrogens is 328 g/mol. The second kappa shape index (κ2) is 8.15. The molecule has 128 valence electrons. The number of anilines is 2. The summed E-state index contributed by atoms with van der Waals surface area (Å²) in [6.07, 6.45) is 1.43. The van der Waals surface area contributed by atoms with E-state index in [9.17, 15) is 20.2 Å². The molecule has 0 heterocycles. The quantitative estimate of drug-likeness (QED) is 0.450. The molecule has 0 aromatic heterocycles. The molecule has 0 bridgehead atoms. The third-order valence-corrected chi connectivity index (χ3v) is 2.96. The van der Waals surface area contributed by atoms with Crippen molar-refractivity contribution in [1.82, 2.24) is 0 Å². The molecule has 0 unspecified atom stereocenters. The SMILES string of the molecule is CC(/C=N/Nc1ccccc1)=N\Nc1ccc([N+](=O)[O-])cc1[N+](=O)[O-]. The number of nitrogens with zero attached hydrogens (tertiary/aromatic N) is 4. The summed E-state index contributed by atoms with van der Waals surface area (Å²) in [5.74, 6) is 0. The van der Waals surface area contributed by atoms with Gasteiger partial charge in [0.1, 0.15) is 5.69 Å². The lowest BCUT2D eigenvalue weighted by Gasteiger charge is -2.03. The molecule has 0 aliphatic carbocycles. The second-order valence-electron chi connectivity index (χ2n) is 4.82. The Kier molecular flexibility index (Phi) is 5.72. The lowest BCUT2D eigenvalue weighted by molar-refractivity contribution is -0.393.